The molecule has 0 aliphatic carbocycles. The van der Waals surface area contributed by atoms with Crippen molar-refractivity contribution in [1.82, 2.24) is 0 Å². The lowest BCUT2D eigenvalue weighted by molar-refractivity contribution is -0.139. The minimum absolute atomic E-state index is 0.0534. The number of esters is 1. The van der Waals surface area contributed by atoms with Crippen LogP contribution in [0.5, 0.6) is 0 Å². The summed E-state index contributed by atoms with van der Waals surface area (Å²) in [5, 5.41) is 8.62. The Hall–Kier alpha value is -2.63. The van der Waals surface area contributed by atoms with Crippen LogP contribution in [0.15, 0.2) is 30.3 Å². The number of hydrogen-bond donors (Lipinski definition) is 1. The smallest absolute Gasteiger partial charge is 0.328 e. The lowest BCUT2D eigenvalue weighted by Crippen LogP contribution is -2.34. The molecule has 0 unspecified atom stereocenters. The molecule has 0 aliphatic heterocycles. The summed E-state index contributed by atoms with van der Waals surface area (Å²) in [6.07, 6.45) is 2.46. The predicted molar refractivity (Wildman–Crippen MR) is 78.0 cm³/mol. The molecule has 1 rings (SSSR count). The van der Waals surface area contributed by atoms with Crippen molar-refractivity contribution < 1.29 is 24.2 Å². The molecule has 0 saturated carbocycles. The minimum atomic E-state index is -1.05. The predicted octanol–water partition coefficient (Wildman–Crippen LogP) is 1.35. The molecule has 1 aromatic carbocycles. The van der Waals surface area contributed by atoms with Crippen molar-refractivity contribution in [2.24, 2.45) is 0 Å². The molecule has 21 heavy (non-hydrogen) atoms. The second-order valence-electron chi connectivity index (χ2n) is 4.40. The molecular formula is C15H17NO5. The van der Waals surface area contributed by atoms with Gasteiger partial charge in [0.25, 0.3) is 0 Å². The van der Waals surface area contributed by atoms with E-state index in [1.807, 2.05) is 0 Å². The molecule has 0 radical (unpaired) electrons. The normalized spacial score (nSPS) is 10.4. The molecule has 1 N–H and O–H groups in total. The van der Waals surface area contributed by atoms with Gasteiger partial charge in [0.05, 0.1) is 13.7 Å². The van der Waals surface area contributed by atoms with Crippen LogP contribution in [-0.4, -0.2) is 43.0 Å². The van der Waals surface area contributed by atoms with Gasteiger partial charge in [0.1, 0.15) is 12.3 Å². The lowest BCUT2D eigenvalue weighted by atomic mass is 10.1. The van der Waals surface area contributed by atoms with Gasteiger partial charge in [0.2, 0.25) is 0 Å². The summed E-state index contributed by atoms with van der Waals surface area (Å²) >= 11 is 0. The number of methoxy groups -OCH3 is 1. The Bertz CT molecular complexity index is 565. The van der Waals surface area contributed by atoms with E-state index in [1.54, 1.807) is 29.2 Å². The summed E-state index contributed by atoms with van der Waals surface area (Å²) in [6, 6.07) is 6.89. The Morgan fingerprint density at radius 1 is 1.29 bits per heavy atom. The summed E-state index contributed by atoms with van der Waals surface area (Å²) in [5.74, 6) is -1.59. The quantitative estimate of drug-likeness (QED) is 0.603. The van der Waals surface area contributed by atoms with Crippen LogP contribution >= 0.6 is 0 Å². The highest BCUT2D eigenvalue weighted by atomic mass is 16.5. The first-order valence-electron chi connectivity index (χ1n) is 6.24. The number of benzene rings is 1. The van der Waals surface area contributed by atoms with Gasteiger partial charge in [-0.25, -0.2) is 4.79 Å². The molecule has 6 nitrogen and oxygen atoms in total. The van der Waals surface area contributed by atoms with Crippen LogP contribution in [0.3, 0.4) is 0 Å². The second kappa shape index (κ2) is 7.84. The van der Waals surface area contributed by atoms with E-state index in [4.69, 9.17) is 5.11 Å². The van der Waals surface area contributed by atoms with Crippen LogP contribution < -0.4 is 4.90 Å². The number of aliphatic carboxylic acids is 1. The topological polar surface area (TPSA) is 83.9 Å². The van der Waals surface area contributed by atoms with Crippen molar-refractivity contribution >= 4 is 29.5 Å². The van der Waals surface area contributed by atoms with E-state index >= 15 is 0 Å². The number of ketones is 1. The molecule has 0 saturated heterocycles. The minimum Gasteiger partial charge on any atom is -0.478 e. The lowest BCUT2D eigenvalue weighted by Gasteiger charge is -2.22. The number of Topliss-reactive ketones (excluding diaryl/α,β-unsaturated/α-hetero) is 1. The third-order valence-corrected chi connectivity index (χ3v) is 2.61. The van der Waals surface area contributed by atoms with Gasteiger partial charge in [-0.3, -0.25) is 9.59 Å². The molecule has 0 bridgehead atoms. The Kier molecular flexibility index (Phi) is 6.13. The van der Waals surface area contributed by atoms with Crippen molar-refractivity contribution in [3.8, 4) is 0 Å². The zero-order chi connectivity index (χ0) is 15.8. The summed E-state index contributed by atoms with van der Waals surface area (Å²) in [5.41, 5.74) is 1.30. The number of carboxylic acid groups (broad SMARTS) is 1. The number of carbonyl (C=O) groups is 3. The van der Waals surface area contributed by atoms with Crippen LogP contribution in [0.4, 0.5) is 5.69 Å². The highest BCUT2D eigenvalue weighted by molar-refractivity contribution is 5.86. The van der Waals surface area contributed by atoms with Crippen LogP contribution in [0.2, 0.25) is 0 Å². The van der Waals surface area contributed by atoms with Gasteiger partial charge in [-0.1, -0.05) is 12.1 Å². The summed E-state index contributed by atoms with van der Waals surface area (Å²) in [7, 11) is 1.28. The van der Waals surface area contributed by atoms with Crippen molar-refractivity contribution in [1.29, 1.82) is 0 Å². The highest BCUT2D eigenvalue weighted by Gasteiger charge is 2.13. The first kappa shape index (κ1) is 16.4. The molecule has 0 amide bonds. The van der Waals surface area contributed by atoms with Gasteiger partial charge in [-0.2, -0.15) is 0 Å². The zero-order valence-corrected chi connectivity index (χ0v) is 11.9. The Morgan fingerprint density at radius 2 is 2.00 bits per heavy atom. The fourth-order valence-corrected chi connectivity index (χ4v) is 1.72. The number of anilines is 1. The maximum atomic E-state index is 11.4. The molecule has 0 aliphatic rings. The molecule has 0 aromatic heterocycles. The number of carboxylic acids is 1. The molecule has 0 fully saturated rings. The fraction of sp³-hybridized carbons (Fsp3) is 0.267. The van der Waals surface area contributed by atoms with E-state index in [2.05, 4.69) is 4.74 Å². The van der Waals surface area contributed by atoms with Gasteiger partial charge < -0.3 is 14.7 Å². The summed E-state index contributed by atoms with van der Waals surface area (Å²) < 4.78 is 4.61. The van der Waals surface area contributed by atoms with E-state index in [0.717, 1.165) is 6.08 Å². The number of hydrogen-bond acceptors (Lipinski definition) is 5. The molecular weight excluding hydrogens is 274 g/mol. The van der Waals surface area contributed by atoms with Crippen molar-refractivity contribution in [2.75, 3.05) is 25.1 Å². The van der Waals surface area contributed by atoms with Gasteiger partial charge in [0.15, 0.2) is 0 Å². The molecule has 6 heteroatoms. The van der Waals surface area contributed by atoms with E-state index in [1.165, 1.54) is 20.1 Å². The van der Waals surface area contributed by atoms with Crippen molar-refractivity contribution in [3.05, 3.63) is 35.9 Å². The number of ether oxygens (including phenoxy) is 1. The third-order valence-electron chi connectivity index (χ3n) is 2.61. The van der Waals surface area contributed by atoms with E-state index in [9.17, 15) is 14.4 Å². The maximum Gasteiger partial charge on any atom is 0.328 e. The average molecular weight is 291 g/mol. The second-order valence-corrected chi connectivity index (χ2v) is 4.40. The van der Waals surface area contributed by atoms with Gasteiger partial charge in [-0.05, 0) is 30.7 Å². The van der Waals surface area contributed by atoms with Gasteiger partial charge in [0, 0.05) is 11.8 Å². The number of carbonyl (C=O) groups excluding carboxylic acids is 2. The van der Waals surface area contributed by atoms with Gasteiger partial charge in [-0.15, -0.1) is 0 Å². The average Bonchev–Trinajstić information content (AvgIpc) is 2.44. The Balaban J connectivity index is 3.00. The molecule has 112 valence electrons. The number of rotatable bonds is 7. The standard InChI is InChI=1S/C15H17NO5/c1-11(17)9-16(10-15(20)21-2)13-5-3-4-12(8-13)6-7-14(18)19/h3-8H,9-10H2,1-2H3,(H,18,19)/b7-6+. The molecule has 0 spiro atoms. The van der Waals surface area contributed by atoms with E-state index < -0.39 is 11.9 Å². The molecule has 0 heterocycles. The first-order chi connectivity index (χ1) is 9.92. The van der Waals surface area contributed by atoms with Gasteiger partial charge >= 0.3 is 11.9 Å². The van der Waals surface area contributed by atoms with Crippen LogP contribution in [0.25, 0.3) is 6.08 Å². The van der Waals surface area contributed by atoms with Crippen molar-refractivity contribution in [2.45, 2.75) is 6.92 Å². The first-order valence-corrected chi connectivity index (χ1v) is 6.24. The maximum absolute atomic E-state index is 11.4. The SMILES string of the molecule is COC(=O)CN(CC(C)=O)c1cccc(/C=C/C(=O)O)c1. The van der Waals surface area contributed by atoms with Crippen LogP contribution in [0, 0.1) is 0 Å². The summed E-state index contributed by atoms with van der Waals surface area (Å²) in [6.45, 7) is 1.45. The molecule has 1 aromatic rings. The fourth-order valence-electron chi connectivity index (χ4n) is 1.72. The van der Waals surface area contributed by atoms with E-state index in [0.29, 0.717) is 11.3 Å². The third kappa shape index (κ3) is 5.90. The van der Waals surface area contributed by atoms with Crippen LogP contribution in [-0.2, 0) is 19.1 Å². The largest absolute Gasteiger partial charge is 0.478 e. The zero-order valence-electron chi connectivity index (χ0n) is 11.9. The Morgan fingerprint density at radius 3 is 2.57 bits per heavy atom. The van der Waals surface area contributed by atoms with Crippen LogP contribution in [0.1, 0.15) is 12.5 Å². The molecule has 0 atom stereocenters. The highest BCUT2D eigenvalue weighted by Crippen LogP contribution is 2.17. The van der Waals surface area contributed by atoms with Crippen molar-refractivity contribution in [3.63, 3.8) is 0 Å². The van der Waals surface area contributed by atoms with E-state index in [-0.39, 0.29) is 18.9 Å². The summed E-state index contributed by atoms with van der Waals surface area (Å²) in [4.78, 5) is 34.8. The Labute approximate surface area is 122 Å². The monoisotopic (exact) mass is 291 g/mol. The number of nitrogens with zero attached hydrogens (tertiary/aromatic N) is 1.